The molecule has 1 amide bonds. The lowest BCUT2D eigenvalue weighted by molar-refractivity contribution is 0.0697. The van der Waals surface area contributed by atoms with E-state index in [0.29, 0.717) is 15.8 Å². The van der Waals surface area contributed by atoms with Gasteiger partial charge in [-0.15, -0.1) is 0 Å². The number of carbonyl (C=O) groups excluding carboxylic acids is 1. The number of carbonyl (C=O) groups is 1. The van der Waals surface area contributed by atoms with Crippen molar-refractivity contribution >= 4 is 31.9 Å². The van der Waals surface area contributed by atoms with Gasteiger partial charge in [0.1, 0.15) is 22.2 Å². The van der Waals surface area contributed by atoms with Crippen LogP contribution in [0.5, 0.6) is 11.5 Å². The molecule has 1 heterocycles. The molecule has 29 heavy (non-hydrogen) atoms. The molecule has 0 bridgehead atoms. The van der Waals surface area contributed by atoms with Crippen LogP contribution in [0.1, 0.15) is 10.4 Å². The third-order valence-electron chi connectivity index (χ3n) is 4.68. The first-order valence-corrected chi connectivity index (χ1v) is 11.0. The van der Waals surface area contributed by atoms with Crippen molar-refractivity contribution < 1.29 is 27.1 Å². The zero-order chi connectivity index (χ0) is 21.2. The number of sulfonamides is 1. The fraction of sp³-hybridized carbons (Fsp3) is 0.316. The number of amides is 1. The Morgan fingerprint density at radius 2 is 1.72 bits per heavy atom. The van der Waals surface area contributed by atoms with Gasteiger partial charge < -0.3 is 14.4 Å². The van der Waals surface area contributed by atoms with Crippen molar-refractivity contribution in [2.45, 2.75) is 4.90 Å². The van der Waals surface area contributed by atoms with Crippen LogP contribution < -0.4 is 9.47 Å². The van der Waals surface area contributed by atoms with Crippen molar-refractivity contribution in [3.05, 3.63) is 52.3 Å². The molecule has 0 aliphatic carbocycles. The molecule has 7 nitrogen and oxygen atoms in total. The maximum atomic E-state index is 13.3. The number of halogens is 2. The zero-order valence-electron chi connectivity index (χ0n) is 15.9. The summed E-state index contributed by atoms with van der Waals surface area (Å²) >= 11 is 3.20. The minimum absolute atomic E-state index is 0.0143. The maximum Gasteiger partial charge on any atom is 0.255 e. The van der Waals surface area contributed by atoms with Crippen LogP contribution in [0, 0.1) is 5.82 Å². The van der Waals surface area contributed by atoms with E-state index in [9.17, 15) is 17.6 Å². The Morgan fingerprint density at radius 1 is 1.03 bits per heavy atom. The molecule has 1 aliphatic rings. The van der Waals surface area contributed by atoms with E-state index < -0.39 is 15.8 Å². The van der Waals surface area contributed by atoms with Crippen molar-refractivity contribution in [1.29, 1.82) is 0 Å². The van der Waals surface area contributed by atoms with Gasteiger partial charge >= 0.3 is 0 Å². The van der Waals surface area contributed by atoms with Gasteiger partial charge in [-0.2, -0.15) is 4.31 Å². The summed E-state index contributed by atoms with van der Waals surface area (Å²) in [5, 5.41) is 0. The summed E-state index contributed by atoms with van der Waals surface area (Å²) in [6.07, 6.45) is 0. The van der Waals surface area contributed by atoms with Crippen molar-refractivity contribution in [3.8, 4) is 11.5 Å². The third kappa shape index (κ3) is 4.39. The highest BCUT2D eigenvalue weighted by Gasteiger charge is 2.33. The molecule has 0 spiro atoms. The van der Waals surface area contributed by atoms with Gasteiger partial charge in [0.15, 0.2) is 0 Å². The largest absolute Gasteiger partial charge is 0.497 e. The Morgan fingerprint density at radius 3 is 2.31 bits per heavy atom. The minimum atomic E-state index is -3.83. The SMILES string of the molecule is COc1ccc(OC)c(S(=O)(=O)N2CCN(C(=O)c3ccc(F)cc3Br)CC2)c1. The Balaban J connectivity index is 1.77. The zero-order valence-corrected chi connectivity index (χ0v) is 18.3. The summed E-state index contributed by atoms with van der Waals surface area (Å²) in [4.78, 5) is 14.3. The van der Waals surface area contributed by atoms with Crippen molar-refractivity contribution in [2.24, 2.45) is 0 Å². The lowest BCUT2D eigenvalue weighted by atomic mass is 10.2. The molecular formula is C19H20BrFN2O5S. The topological polar surface area (TPSA) is 76.2 Å². The monoisotopic (exact) mass is 486 g/mol. The first-order valence-electron chi connectivity index (χ1n) is 8.74. The molecule has 0 radical (unpaired) electrons. The first kappa shape index (κ1) is 21.5. The quantitative estimate of drug-likeness (QED) is 0.649. The van der Waals surface area contributed by atoms with E-state index in [4.69, 9.17) is 9.47 Å². The maximum absolute atomic E-state index is 13.3. The van der Waals surface area contributed by atoms with E-state index in [1.54, 1.807) is 11.0 Å². The summed E-state index contributed by atoms with van der Waals surface area (Å²) in [5.41, 5.74) is 0.331. The average molecular weight is 487 g/mol. The number of nitrogens with zero attached hydrogens (tertiary/aromatic N) is 2. The molecule has 1 aliphatic heterocycles. The van der Waals surface area contributed by atoms with E-state index in [-0.39, 0.29) is 42.7 Å². The van der Waals surface area contributed by atoms with Crippen LogP contribution in [0.2, 0.25) is 0 Å². The second kappa shape index (κ2) is 8.68. The lowest BCUT2D eigenvalue weighted by Crippen LogP contribution is -2.50. The summed E-state index contributed by atoms with van der Waals surface area (Å²) in [6, 6.07) is 8.43. The smallest absolute Gasteiger partial charge is 0.255 e. The molecule has 2 aromatic carbocycles. The predicted octanol–water partition coefficient (Wildman–Crippen LogP) is 2.75. The minimum Gasteiger partial charge on any atom is -0.497 e. The van der Waals surface area contributed by atoms with E-state index >= 15 is 0 Å². The Labute approximate surface area is 177 Å². The summed E-state index contributed by atoms with van der Waals surface area (Å²) < 4.78 is 51.5. The molecule has 1 saturated heterocycles. The molecule has 3 rings (SSSR count). The van der Waals surface area contributed by atoms with Gasteiger partial charge in [-0.3, -0.25) is 4.79 Å². The third-order valence-corrected chi connectivity index (χ3v) is 7.25. The van der Waals surface area contributed by atoms with Gasteiger partial charge in [-0.05, 0) is 46.3 Å². The number of methoxy groups -OCH3 is 2. The number of benzene rings is 2. The van der Waals surface area contributed by atoms with E-state index in [1.165, 1.54) is 48.9 Å². The number of rotatable bonds is 5. The molecule has 0 saturated carbocycles. The van der Waals surface area contributed by atoms with Crippen molar-refractivity contribution in [2.75, 3.05) is 40.4 Å². The van der Waals surface area contributed by atoms with E-state index in [2.05, 4.69) is 15.9 Å². The van der Waals surface area contributed by atoms with Gasteiger partial charge in [0.25, 0.3) is 5.91 Å². The molecular weight excluding hydrogens is 467 g/mol. The summed E-state index contributed by atoms with van der Waals surface area (Å²) in [6.45, 7) is 0.697. The highest BCUT2D eigenvalue weighted by atomic mass is 79.9. The molecule has 0 unspecified atom stereocenters. The van der Waals surface area contributed by atoms with E-state index in [0.717, 1.165) is 0 Å². The number of ether oxygens (including phenoxy) is 2. The molecule has 2 aromatic rings. The van der Waals surface area contributed by atoms with Gasteiger partial charge in [0.2, 0.25) is 10.0 Å². The second-order valence-corrected chi connectivity index (χ2v) is 9.10. The van der Waals surface area contributed by atoms with Crippen LogP contribution >= 0.6 is 15.9 Å². The lowest BCUT2D eigenvalue weighted by Gasteiger charge is -2.34. The number of hydrogen-bond donors (Lipinski definition) is 0. The molecule has 0 aromatic heterocycles. The van der Waals surface area contributed by atoms with Crippen molar-refractivity contribution in [1.82, 2.24) is 9.21 Å². The van der Waals surface area contributed by atoms with Crippen molar-refractivity contribution in [3.63, 3.8) is 0 Å². The Kier molecular flexibility index (Phi) is 6.45. The van der Waals surface area contributed by atoms with Gasteiger partial charge in [-0.1, -0.05) is 0 Å². The average Bonchev–Trinajstić information content (AvgIpc) is 2.73. The molecule has 1 fully saturated rings. The summed E-state index contributed by atoms with van der Waals surface area (Å²) in [7, 11) is -0.978. The fourth-order valence-electron chi connectivity index (χ4n) is 3.09. The first-order chi connectivity index (χ1) is 13.8. The summed E-state index contributed by atoms with van der Waals surface area (Å²) in [5.74, 6) is -0.108. The predicted molar refractivity (Wildman–Crippen MR) is 108 cm³/mol. The fourth-order valence-corrected chi connectivity index (χ4v) is 5.20. The number of hydrogen-bond acceptors (Lipinski definition) is 5. The van der Waals surface area contributed by atoms with Crippen LogP contribution in [0.15, 0.2) is 45.8 Å². The van der Waals surface area contributed by atoms with Crippen LogP contribution in [0.3, 0.4) is 0 Å². The van der Waals surface area contributed by atoms with Gasteiger partial charge in [0, 0.05) is 36.7 Å². The van der Waals surface area contributed by atoms with Crippen LogP contribution in [-0.2, 0) is 10.0 Å². The highest BCUT2D eigenvalue weighted by molar-refractivity contribution is 9.10. The number of piperazine rings is 1. The van der Waals surface area contributed by atoms with Crippen LogP contribution in [0.25, 0.3) is 0 Å². The molecule has 10 heteroatoms. The Hall–Kier alpha value is -2.17. The van der Waals surface area contributed by atoms with Crippen LogP contribution in [-0.4, -0.2) is 63.9 Å². The molecule has 0 atom stereocenters. The highest BCUT2D eigenvalue weighted by Crippen LogP contribution is 2.31. The van der Waals surface area contributed by atoms with Gasteiger partial charge in [-0.25, -0.2) is 12.8 Å². The van der Waals surface area contributed by atoms with E-state index in [1.807, 2.05) is 0 Å². The molecule has 156 valence electrons. The van der Waals surface area contributed by atoms with Crippen LogP contribution in [0.4, 0.5) is 4.39 Å². The Bertz CT molecular complexity index is 1020. The second-order valence-electron chi connectivity index (χ2n) is 6.34. The molecule has 0 N–H and O–H groups in total. The normalized spacial score (nSPS) is 15.2. The standard InChI is InChI=1S/C19H20BrFN2O5S/c1-27-14-4-6-17(28-2)18(12-14)29(25,26)23-9-7-22(8-10-23)19(24)15-5-3-13(21)11-16(15)20/h3-6,11-12H,7-10H2,1-2H3. The van der Waals surface area contributed by atoms with Gasteiger partial charge in [0.05, 0.1) is 19.8 Å².